The molecule has 0 atom stereocenters. The molecule has 27 heavy (non-hydrogen) atoms. The molecule has 0 aliphatic carbocycles. The van der Waals surface area contributed by atoms with Crippen molar-refractivity contribution in [1.82, 2.24) is 9.80 Å². The predicted octanol–water partition coefficient (Wildman–Crippen LogP) is 2.49. The van der Waals surface area contributed by atoms with Gasteiger partial charge in [-0.3, -0.25) is 9.52 Å². The Balaban J connectivity index is 1.88. The number of aryl methyl sites for hydroxylation is 2. The van der Waals surface area contributed by atoms with Gasteiger partial charge in [0.15, 0.2) is 0 Å². The normalized spacial score (nSPS) is 15.6. The molecule has 1 N–H and O–H groups in total. The average Bonchev–Trinajstić information content (AvgIpc) is 2.64. The molecule has 2 aromatic carbocycles. The van der Waals surface area contributed by atoms with Gasteiger partial charge in [0.25, 0.3) is 15.9 Å². The van der Waals surface area contributed by atoms with E-state index < -0.39 is 10.0 Å². The summed E-state index contributed by atoms with van der Waals surface area (Å²) in [6, 6.07) is 12.1. The van der Waals surface area contributed by atoms with E-state index in [0.29, 0.717) is 29.9 Å². The van der Waals surface area contributed by atoms with Gasteiger partial charge in [-0.25, -0.2) is 8.42 Å². The topological polar surface area (TPSA) is 69.7 Å². The summed E-state index contributed by atoms with van der Waals surface area (Å²) in [6.45, 7) is 6.50. The van der Waals surface area contributed by atoms with E-state index in [9.17, 15) is 13.2 Å². The van der Waals surface area contributed by atoms with Crippen LogP contribution in [0.5, 0.6) is 0 Å². The van der Waals surface area contributed by atoms with Crippen molar-refractivity contribution in [3.05, 3.63) is 59.2 Å². The molecule has 0 bridgehead atoms. The lowest BCUT2D eigenvalue weighted by atomic mass is 10.1. The highest BCUT2D eigenvalue weighted by atomic mass is 32.2. The number of nitrogens with one attached hydrogen (secondary N) is 1. The molecule has 2 aromatic rings. The summed E-state index contributed by atoms with van der Waals surface area (Å²) in [5.74, 6) is -0.129. The number of piperazine rings is 1. The molecule has 1 saturated heterocycles. The minimum absolute atomic E-state index is 0.129. The van der Waals surface area contributed by atoms with Gasteiger partial charge in [0.05, 0.1) is 10.6 Å². The van der Waals surface area contributed by atoms with Crippen LogP contribution in [0.2, 0.25) is 0 Å². The van der Waals surface area contributed by atoms with Crippen molar-refractivity contribution in [2.45, 2.75) is 18.7 Å². The maximum Gasteiger partial charge on any atom is 0.262 e. The van der Waals surface area contributed by atoms with Gasteiger partial charge in [0.2, 0.25) is 0 Å². The van der Waals surface area contributed by atoms with Crippen molar-refractivity contribution in [1.29, 1.82) is 0 Å². The van der Waals surface area contributed by atoms with E-state index in [2.05, 4.69) is 9.62 Å². The number of sulfonamides is 1. The third-order valence-electron chi connectivity index (χ3n) is 4.90. The molecule has 3 rings (SSSR count). The first-order chi connectivity index (χ1) is 12.8. The second-order valence-corrected chi connectivity index (χ2v) is 8.65. The van der Waals surface area contributed by atoms with Crippen LogP contribution < -0.4 is 4.72 Å². The number of likely N-dealkylation sites (N-methyl/N-ethyl adjacent to an activating group) is 1. The number of carbonyl (C=O) groups excluding carboxylic acids is 1. The van der Waals surface area contributed by atoms with Crippen LogP contribution in [0.4, 0.5) is 5.69 Å². The summed E-state index contributed by atoms with van der Waals surface area (Å²) in [5.41, 5.74) is 2.37. The Labute approximate surface area is 160 Å². The highest BCUT2D eigenvalue weighted by Gasteiger charge is 2.24. The number of amides is 1. The number of nitrogens with zero attached hydrogens (tertiary/aromatic N) is 2. The molecular formula is C20H25N3O3S. The second kappa shape index (κ2) is 7.70. The SMILES string of the molecule is Cc1ccccc1NS(=O)(=O)c1cc(C(=O)N2CCN(C)CC2)ccc1C. The monoisotopic (exact) mass is 387 g/mol. The quantitative estimate of drug-likeness (QED) is 0.875. The highest BCUT2D eigenvalue weighted by Crippen LogP contribution is 2.23. The molecule has 7 heteroatoms. The van der Waals surface area contributed by atoms with E-state index in [-0.39, 0.29) is 10.8 Å². The van der Waals surface area contributed by atoms with Crippen LogP contribution in [0.3, 0.4) is 0 Å². The number of carbonyl (C=O) groups is 1. The third kappa shape index (κ3) is 4.31. The fourth-order valence-corrected chi connectivity index (χ4v) is 4.50. The molecule has 1 aliphatic rings. The zero-order valence-electron chi connectivity index (χ0n) is 15.9. The van der Waals surface area contributed by atoms with Crippen molar-refractivity contribution in [3.8, 4) is 0 Å². The molecule has 0 aromatic heterocycles. The Morgan fingerprint density at radius 1 is 0.963 bits per heavy atom. The molecule has 0 unspecified atom stereocenters. The van der Waals surface area contributed by atoms with Gasteiger partial charge < -0.3 is 9.80 Å². The van der Waals surface area contributed by atoms with Crippen LogP contribution in [0.1, 0.15) is 21.5 Å². The summed E-state index contributed by atoms with van der Waals surface area (Å²) in [4.78, 5) is 16.9. The summed E-state index contributed by atoms with van der Waals surface area (Å²) in [7, 11) is -1.77. The Bertz CT molecular complexity index is 949. The standard InChI is InChI=1S/C20H25N3O3S/c1-15-6-4-5-7-18(15)21-27(25,26)19-14-17(9-8-16(19)2)20(24)23-12-10-22(3)11-13-23/h4-9,14,21H,10-13H2,1-3H3. The summed E-state index contributed by atoms with van der Waals surface area (Å²) in [6.07, 6.45) is 0. The van der Waals surface area contributed by atoms with E-state index in [1.807, 2.05) is 26.1 Å². The van der Waals surface area contributed by atoms with Gasteiger partial charge in [-0.15, -0.1) is 0 Å². The zero-order valence-corrected chi connectivity index (χ0v) is 16.7. The molecule has 0 radical (unpaired) electrons. The van der Waals surface area contributed by atoms with Crippen LogP contribution in [0.25, 0.3) is 0 Å². The van der Waals surface area contributed by atoms with Crippen LogP contribution in [-0.4, -0.2) is 57.4 Å². The molecule has 1 heterocycles. The van der Waals surface area contributed by atoms with Crippen molar-refractivity contribution >= 4 is 21.6 Å². The van der Waals surface area contributed by atoms with Crippen molar-refractivity contribution in [2.24, 2.45) is 0 Å². The summed E-state index contributed by atoms with van der Waals surface area (Å²) >= 11 is 0. The largest absolute Gasteiger partial charge is 0.336 e. The van der Waals surface area contributed by atoms with Gasteiger partial charge in [-0.05, 0) is 50.2 Å². The molecule has 1 amide bonds. The lowest BCUT2D eigenvalue weighted by molar-refractivity contribution is 0.0664. The molecule has 144 valence electrons. The van der Waals surface area contributed by atoms with Gasteiger partial charge in [0, 0.05) is 31.7 Å². The van der Waals surface area contributed by atoms with Gasteiger partial charge in [-0.1, -0.05) is 24.3 Å². The number of rotatable bonds is 4. The fourth-order valence-electron chi connectivity index (χ4n) is 3.10. The lowest BCUT2D eigenvalue weighted by Gasteiger charge is -2.32. The Hall–Kier alpha value is -2.38. The number of anilines is 1. The lowest BCUT2D eigenvalue weighted by Crippen LogP contribution is -2.47. The van der Waals surface area contributed by atoms with E-state index in [1.165, 1.54) is 6.07 Å². The number of benzene rings is 2. The first kappa shape index (κ1) is 19.4. The van der Waals surface area contributed by atoms with Crippen LogP contribution in [0, 0.1) is 13.8 Å². The summed E-state index contributed by atoms with van der Waals surface area (Å²) in [5, 5.41) is 0. The number of para-hydroxylation sites is 1. The average molecular weight is 388 g/mol. The zero-order chi connectivity index (χ0) is 19.6. The smallest absolute Gasteiger partial charge is 0.262 e. The summed E-state index contributed by atoms with van der Waals surface area (Å²) < 4.78 is 28.5. The molecule has 1 aliphatic heterocycles. The Kier molecular flexibility index (Phi) is 5.53. The van der Waals surface area contributed by atoms with Crippen molar-refractivity contribution < 1.29 is 13.2 Å². The van der Waals surface area contributed by atoms with Gasteiger partial charge >= 0.3 is 0 Å². The molecule has 0 saturated carbocycles. The van der Waals surface area contributed by atoms with Gasteiger partial charge in [0.1, 0.15) is 0 Å². The first-order valence-corrected chi connectivity index (χ1v) is 10.4. The molecular weight excluding hydrogens is 362 g/mol. The predicted molar refractivity (Wildman–Crippen MR) is 107 cm³/mol. The maximum absolute atomic E-state index is 12.9. The van der Waals surface area contributed by atoms with E-state index in [1.54, 1.807) is 36.1 Å². The number of hydrogen-bond acceptors (Lipinski definition) is 4. The van der Waals surface area contributed by atoms with E-state index in [0.717, 1.165) is 18.7 Å². The van der Waals surface area contributed by atoms with Crippen LogP contribution in [0.15, 0.2) is 47.4 Å². The maximum atomic E-state index is 12.9. The van der Waals surface area contributed by atoms with Gasteiger partial charge in [-0.2, -0.15) is 0 Å². The van der Waals surface area contributed by atoms with Crippen molar-refractivity contribution in [2.75, 3.05) is 37.9 Å². The highest BCUT2D eigenvalue weighted by molar-refractivity contribution is 7.92. The second-order valence-electron chi connectivity index (χ2n) is 7.00. The van der Waals surface area contributed by atoms with Crippen molar-refractivity contribution in [3.63, 3.8) is 0 Å². The first-order valence-electron chi connectivity index (χ1n) is 8.95. The number of hydrogen-bond donors (Lipinski definition) is 1. The Morgan fingerprint density at radius 3 is 2.30 bits per heavy atom. The minimum atomic E-state index is -3.79. The molecule has 0 spiro atoms. The van der Waals surface area contributed by atoms with E-state index >= 15 is 0 Å². The third-order valence-corrected chi connectivity index (χ3v) is 6.41. The van der Waals surface area contributed by atoms with E-state index in [4.69, 9.17) is 0 Å². The fraction of sp³-hybridized carbons (Fsp3) is 0.350. The Morgan fingerprint density at radius 2 is 1.63 bits per heavy atom. The molecule has 1 fully saturated rings. The van der Waals surface area contributed by atoms with Crippen LogP contribution in [-0.2, 0) is 10.0 Å². The minimum Gasteiger partial charge on any atom is -0.336 e. The van der Waals surface area contributed by atoms with Crippen LogP contribution >= 0.6 is 0 Å². The molecule has 6 nitrogen and oxygen atoms in total.